The number of nitrogens with zero attached hydrogens (tertiary/aromatic N) is 1. The Labute approximate surface area is 142 Å². The molecule has 2 unspecified atom stereocenters. The lowest BCUT2D eigenvalue weighted by Gasteiger charge is -2.38. The van der Waals surface area contributed by atoms with Crippen LogP contribution in [0.15, 0.2) is 18.2 Å². The predicted octanol–water partition coefficient (Wildman–Crippen LogP) is 4.13. The van der Waals surface area contributed by atoms with Gasteiger partial charge in [0.2, 0.25) is 0 Å². The van der Waals surface area contributed by atoms with E-state index >= 15 is 0 Å². The molecule has 120 valence electrons. The summed E-state index contributed by atoms with van der Waals surface area (Å²) in [7, 11) is 0. The molecular formula is C17H22Cl2N2O. The van der Waals surface area contributed by atoms with Crippen molar-refractivity contribution in [3.63, 3.8) is 0 Å². The van der Waals surface area contributed by atoms with Gasteiger partial charge in [0.25, 0.3) is 5.91 Å². The normalized spacial score (nSPS) is 26.1. The zero-order chi connectivity index (χ0) is 15.5. The van der Waals surface area contributed by atoms with Crippen LogP contribution in [0.25, 0.3) is 0 Å². The number of hydrogen-bond donors (Lipinski definition) is 1. The standard InChI is InChI=1S/C17H22Cl2N2O/c18-13-8-7-12(11-14(13)19)17(22)20-15-5-1-2-6-16(15)21-9-3-4-10-21/h7-8,11,15-16H,1-6,9-10H2,(H,20,22). The minimum Gasteiger partial charge on any atom is -0.348 e. The van der Waals surface area contributed by atoms with E-state index in [9.17, 15) is 4.79 Å². The first-order chi connectivity index (χ1) is 10.6. The molecule has 2 atom stereocenters. The summed E-state index contributed by atoms with van der Waals surface area (Å²) in [6, 6.07) is 5.79. The van der Waals surface area contributed by atoms with Crippen LogP contribution in [0.4, 0.5) is 0 Å². The number of benzene rings is 1. The van der Waals surface area contributed by atoms with E-state index in [1.807, 2.05) is 0 Å². The highest BCUT2D eigenvalue weighted by molar-refractivity contribution is 6.42. The molecule has 5 heteroatoms. The molecule has 1 amide bonds. The van der Waals surface area contributed by atoms with Crippen molar-refractivity contribution in [1.82, 2.24) is 10.2 Å². The van der Waals surface area contributed by atoms with E-state index in [-0.39, 0.29) is 11.9 Å². The van der Waals surface area contributed by atoms with Gasteiger partial charge in [-0.1, -0.05) is 36.0 Å². The van der Waals surface area contributed by atoms with Gasteiger partial charge >= 0.3 is 0 Å². The SMILES string of the molecule is O=C(NC1CCCCC1N1CCCC1)c1ccc(Cl)c(Cl)c1. The summed E-state index contributed by atoms with van der Waals surface area (Å²) >= 11 is 11.9. The van der Waals surface area contributed by atoms with Crippen molar-refractivity contribution in [1.29, 1.82) is 0 Å². The number of carbonyl (C=O) groups excluding carboxylic acids is 1. The molecule has 1 N–H and O–H groups in total. The second-order valence-corrected chi connectivity index (χ2v) is 7.12. The number of amides is 1. The molecule has 1 aliphatic heterocycles. The van der Waals surface area contributed by atoms with Crippen molar-refractivity contribution in [2.24, 2.45) is 0 Å². The fourth-order valence-electron chi connectivity index (χ4n) is 3.68. The number of likely N-dealkylation sites (tertiary alicyclic amines) is 1. The zero-order valence-electron chi connectivity index (χ0n) is 12.7. The molecule has 3 nitrogen and oxygen atoms in total. The van der Waals surface area contributed by atoms with Crippen LogP contribution < -0.4 is 5.32 Å². The van der Waals surface area contributed by atoms with E-state index in [4.69, 9.17) is 23.2 Å². The lowest BCUT2D eigenvalue weighted by atomic mass is 9.89. The average molecular weight is 341 g/mol. The maximum Gasteiger partial charge on any atom is 0.251 e. The summed E-state index contributed by atoms with van der Waals surface area (Å²) in [6.07, 6.45) is 7.27. The van der Waals surface area contributed by atoms with E-state index in [1.165, 1.54) is 45.2 Å². The minimum absolute atomic E-state index is 0.0466. The van der Waals surface area contributed by atoms with Gasteiger partial charge in [0.05, 0.1) is 10.0 Å². The zero-order valence-corrected chi connectivity index (χ0v) is 14.2. The summed E-state index contributed by atoms with van der Waals surface area (Å²) < 4.78 is 0. The number of halogens is 2. The number of hydrogen-bond acceptors (Lipinski definition) is 2. The van der Waals surface area contributed by atoms with Crippen molar-refractivity contribution >= 4 is 29.1 Å². The van der Waals surface area contributed by atoms with Crippen molar-refractivity contribution in [2.75, 3.05) is 13.1 Å². The minimum atomic E-state index is -0.0466. The number of carbonyl (C=O) groups is 1. The van der Waals surface area contributed by atoms with Crippen LogP contribution in [0, 0.1) is 0 Å². The van der Waals surface area contributed by atoms with Crippen molar-refractivity contribution in [2.45, 2.75) is 50.6 Å². The van der Waals surface area contributed by atoms with Crippen LogP contribution in [-0.2, 0) is 0 Å². The van der Waals surface area contributed by atoms with E-state index < -0.39 is 0 Å². The molecule has 2 aliphatic rings. The molecule has 1 aromatic rings. The summed E-state index contributed by atoms with van der Waals surface area (Å²) in [5.74, 6) is -0.0466. The molecule has 1 saturated carbocycles. The summed E-state index contributed by atoms with van der Waals surface area (Å²) in [5.41, 5.74) is 0.583. The average Bonchev–Trinajstić information content (AvgIpc) is 3.04. The van der Waals surface area contributed by atoms with Crippen molar-refractivity contribution in [3.8, 4) is 0 Å². The quantitative estimate of drug-likeness (QED) is 0.897. The fraction of sp³-hybridized carbons (Fsp3) is 0.588. The monoisotopic (exact) mass is 340 g/mol. The summed E-state index contributed by atoms with van der Waals surface area (Å²) in [6.45, 7) is 2.34. The Hall–Kier alpha value is -0.770. The van der Waals surface area contributed by atoms with Gasteiger partial charge in [-0.25, -0.2) is 0 Å². The topological polar surface area (TPSA) is 32.3 Å². The van der Waals surface area contributed by atoms with Gasteiger partial charge in [0.1, 0.15) is 0 Å². The Morgan fingerprint density at radius 1 is 1.05 bits per heavy atom. The van der Waals surface area contributed by atoms with Gasteiger partial charge in [-0.2, -0.15) is 0 Å². The second-order valence-electron chi connectivity index (χ2n) is 6.30. The smallest absolute Gasteiger partial charge is 0.251 e. The van der Waals surface area contributed by atoms with Crippen LogP contribution in [0.3, 0.4) is 0 Å². The summed E-state index contributed by atoms with van der Waals surface area (Å²) in [4.78, 5) is 15.1. The van der Waals surface area contributed by atoms with E-state index in [1.54, 1.807) is 18.2 Å². The molecule has 3 rings (SSSR count). The first-order valence-corrected chi connectivity index (χ1v) is 8.91. The molecule has 1 aliphatic carbocycles. The third kappa shape index (κ3) is 3.58. The second kappa shape index (κ2) is 7.20. The Morgan fingerprint density at radius 2 is 1.77 bits per heavy atom. The Balaban J connectivity index is 1.69. The highest BCUT2D eigenvalue weighted by Gasteiger charge is 2.32. The molecule has 1 heterocycles. The highest BCUT2D eigenvalue weighted by Crippen LogP contribution is 2.27. The highest BCUT2D eigenvalue weighted by atomic mass is 35.5. The van der Waals surface area contributed by atoms with Crippen LogP contribution in [0.5, 0.6) is 0 Å². The lowest BCUT2D eigenvalue weighted by molar-refractivity contribution is 0.0862. The molecule has 0 radical (unpaired) electrons. The molecule has 0 bridgehead atoms. The van der Waals surface area contributed by atoms with E-state index in [0.29, 0.717) is 21.7 Å². The van der Waals surface area contributed by atoms with Crippen molar-refractivity contribution < 1.29 is 4.79 Å². The van der Waals surface area contributed by atoms with Gasteiger partial charge in [0, 0.05) is 17.6 Å². The van der Waals surface area contributed by atoms with Crippen LogP contribution in [0.2, 0.25) is 10.0 Å². The van der Waals surface area contributed by atoms with Gasteiger partial charge in [-0.3, -0.25) is 9.69 Å². The maximum absolute atomic E-state index is 12.5. The lowest BCUT2D eigenvalue weighted by Crippen LogP contribution is -2.52. The van der Waals surface area contributed by atoms with Crippen LogP contribution in [-0.4, -0.2) is 36.0 Å². The first kappa shape index (κ1) is 16.1. The maximum atomic E-state index is 12.5. The largest absolute Gasteiger partial charge is 0.348 e. The molecule has 1 aromatic carbocycles. The van der Waals surface area contributed by atoms with Crippen molar-refractivity contribution in [3.05, 3.63) is 33.8 Å². The Kier molecular flexibility index (Phi) is 5.27. The van der Waals surface area contributed by atoms with Gasteiger partial charge in [0.15, 0.2) is 0 Å². The fourth-order valence-corrected chi connectivity index (χ4v) is 3.98. The number of nitrogens with one attached hydrogen (secondary N) is 1. The molecule has 22 heavy (non-hydrogen) atoms. The third-order valence-corrected chi connectivity index (χ3v) is 5.58. The third-order valence-electron chi connectivity index (χ3n) is 4.84. The van der Waals surface area contributed by atoms with Gasteiger partial charge < -0.3 is 5.32 Å². The van der Waals surface area contributed by atoms with Gasteiger partial charge in [-0.15, -0.1) is 0 Å². The summed E-state index contributed by atoms with van der Waals surface area (Å²) in [5, 5.41) is 4.13. The molecule has 2 fully saturated rings. The van der Waals surface area contributed by atoms with E-state index in [0.717, 1.165) is 6.42 Å². The number of rotatable bonds is 3. The van der Waals surface area contributed by atoms with Crippen LogP contribution in [0.1, 0.15) is 48.9 Å². The molecule has 1 saturated heterocycles. The Morgan fingerprint density at radius 3 is 2.50 bits per heavy atom. The first-order valence-electron chi connectivity index (χ1n) is 8.15. The molecule has 0 aromatic heterocycles. The molecule has 0 spiro atoms. The predicted molar refractivity (Wildman–Crippen MR) is 90.8 cm³/mol. The van der Waals surface area contributed by atoms with Gasteiger partial charge in [-0.05, 0) is 57.0 Å². The molecular weight excluding hydrogens is 319 g/mol. The van der Waals surface area contributed by atoms with Crippen LogP contribution >= 0.6 is 23.2 Å². The Bertz CT molecular complexity index is 543. The van der Waals surface area contributed by atoms with E-state index in [2.05, 4.69) is 10.2 Å².